The summed E-state index contributed by atoms with van der Waals surface area (Å²) in [6, 6.07) is 7.47. The van der Waals surface area contributed by atoms with E-state index < -0.39 is 0 Å². The minimum atomic E-state index is -0.224. The first-order valence-electron chi connectivity index (χ1n) is 8.48. The number of unbranched alkanes of at least 4 members (excludes halogenated alkanes) is 2. The summed E-state index contributed by atoms with van der Waals surface area (Å²) < 4.78 is 5.74. The molecule has 124 valence electrons. The van der Waals surface area contributed by atoms with Gasteiger partial charge >= 0.3 is 0 Å². The molecule has 1 aromatic carbocycles. The second kappa shape index (κ2) is 9.39. The Labute approximate surface area is 139 Å². The van der Waals surface area contributed by atoms with Crippen molar-refractivity contribution in [3.8, 4) is 5.75 Å². The van der Waals surface area contributed by atoms with Crippen molar-refractivity contribution in [1.29, 1.82) is 0 Å². The van der Waals surface area contributed by atoms with Crippen LogP contribution in [-0.4, -0.2) is 42.4 Å². The number of likely N-dealkylation sites (tertiary alicyclic amines) is 1. The van der Waals surface area contributed by atoms with Crippen LogP contribution in [0, 0.1) is 5.92 Å². The Bertz CT molecular complexity index is 441. The largest absolute Gasteiger partial charge is 0.494 e. The number of nitrogens with zero attached hydrogens (tertiary/aromatic N) is 1. The van der Waals surface area contributed by atoms with E-state index in [0.717, 1.165) is 38.2 Å². The molecule has 1 saturated heterocycles. The topological polar surface area (TPSA) is 32.7 Å². The van der Waals surface area contributed by atoms with E-state index in [-0.39, 0.29) is 6.10 Å². The third-order valence-electron chi connectivity index (χ3n) is 4.44. The van der Waals surface area contributed by atoms with Crippen LogP contribution in [-0.2, 0) is 0 Å². The highest BCUT2D eigenvalue weighted by Gasteiger charge is 2.27. The van der Waals surface area contributed by atoms with Crippen molar-refractivity contribution in [3.05, 3.63) is 29.3 Å². The fourth-order valence-corrected chi connectivity index (χ4v) is 3.24. The molecule has 1 heterocycles. The summed E-state index contributed by atoms with van der Waals surface area (Å²) in [4.78, 5) is 2.40. The van der Waals surface area contributed by atoms with Crippen molar-refractivity contribution < 1.29 is 9.84 Å². The smallest absolute Gasteiger partial charge is 0.120 e. The van der Waals surface area contributed by atoms with Gasteiger partial charge in [-0.05, 0) is 56.5 Å². The second-order valence-corrected chi connectivity index (χ2v) is 6.65. The van der Waals surface area contributed by atoms with Gasteiger partial charge in [-0.2, -0.15) is 0 Å². The molecule has 1 N–H and O–H groups in total. The summed E-state index contributed by atoms with van der Waals surface area (Å²) in [5, 5.41) is 11.0. The molecule has 1 aliphatic rings. The average molecular weight is 326 g/mol. The molecule has 0 radical (unpaired) electrons. The van der Waals surface area contributed by atoms with Gasteiger partial charge in [0.05, 0.1) is 12.7 Å². The van der Waals surface area contributed by atoms with Gasteiger partial charge in [0, 0.05) is 11.6 Å². The zero-order valence-electron chi connectivity index (χ0n) is 13.5. The number of hydrogen-bond donors (Lipinski definition) is 1. The van der Waals surface area contributed by atoms with E-state index in [1.54, 1.807) is 0 Å². The van der Waals surface area contributed by atoms with Crippen LogP contribution in [0.25, 0.3) is 0 Å². The van der Waals surface area contributed by atoms with Crippen molar-refractivity contribution in [2.75, 3.05) is 26.2 Å². The molecular formula is C18H28ClNO2. The number of aliphatic hydroxyl groups is 1. The van der Waals surface area contributed by atoms with E-state index in [1.165, 1.54) is 19.3 Å². The Balaban J connectivity index is 1.67. The molecule has 1 aliphatic heterocycles. The second-order valence-electron chi connectivity index (χ2n) is 6.22. The molecule has 2 atom stereocenters. The van der Waals surface area contributed by atoms with E-state index in [1.807, 2.05) is 24.3 Å². The molecule has 3 nitrogen and oxygen atoms in total. The van der Waals surface area contributed by atoms with E-state index in [0.29, 0.717) is 17.5 Å². The van der Waals surface area contributed by atoms with E-state index in [4.69, 9.17) is 16.3 Å². The molecule has 2 rings (SSSR count). The molecule has 0 aliphatic carbocycles. The number of β-amino-alcohol motifs (C(OH)–C–C–N with tert-alkyl or cyclic N) is 1. The lowest BCUT2D eigenvalue weighted by Gasteiger charge is -2.36. The maximum absolute atomic E-state index is 10.3. The van der Waals surface area contributed by atoms with E-state index >= 15 is 0 Å². The molecular weight excluding hydrogens is 298 g/mol. The maximum atomic E-state index is 10.3. The van der Waals surface area contributed by atoms with Crippen LogP contribution in [0.3, 0.4) is 0 Å². The number of hydrogen-bond acceptors (Lipinski definition) is 3. The highest BCUT2D eigenvalue weighted by Crippen LogP contribution is 2.23. The molecule has 0 bridgehead atoms. The molecule has 1 aromatic rings. The number of benzene rings is 1. The van der Waals surface area contributed by atoms with Crippen LogP contribution >= 0.6 is 11.6 Å². The lowest BCUT2D eigenvalue weighted by molar-refractivity contribution is 0.0129. The Morgan fingerprint density at radius 3 is 2.95 bits per heavy atom. The SMILES string of the molecule is CCCCCN1CCC(CCOc2cccc(Cl)c2)[C@@H](O)C1. The van der Waals surface area contributed by atoms with Gasteiger partial charge < -0.3 is 14.7 Å². The van der Waals surface area contributed by atoms with Crippen molar-refractivity contribution in [2.24, 2.45) is 5.92 Å². The van der Waals surface area contributed by atoms with Crippen LogP contribution in [0.1, 0.15) is 39.0 Å². The predicted molar refractivity (Wildman–Crippen MR) is 91.6 cm³/mol. The average Bonchev–Trinajstić information content (AvgIpc) is 2.50. The van der Waals surface area contributed by atoms with Crippen molar-refractivity contribution in [2.45, 2.75) is 45.1 Å². The molecule has 0 saturated carbocycles. The van der Waals surface area contributed by atoms with Gasteiger partial charge in [0.15, 0.2) is 0 Å². The van der Waals surface area contributed by atoms with Gasteiger partial charge in [-0.25, -0.2) is 0 Å². The number of halogens is 1. The molecule has 4 heteroatoms. The number of piperidine rings is 1. The standard InChI is InChI=1S/C18H28ClNO2/c1-2-3-4-10-20-11-8-15(18(21)14-20)9-12-22-17-7-5-6-16(19)13-17/h5-7,13,15,18,21H,2-4,8-12,14H2,1H3/t15?,18-/m0/s1. The summed E-state index contributed by atoms with van der Waals surface area (Å²) in [6.07, 6.45) is 5.51. The zero-order valence-corrected chi connectivity index (χ0v) is 14.3. The molecule has 0 aromatic heterocycles. The number of aliphatic hydroxyl groups excluding tert-OH is 1. The molecule has 1 unspecified atom stereocenters. The minimum Gasteiger partial charge on any atom is -0.494 e. The quantitative estimate of drug-likeness (QED) is 0.734. The van der Waals surface area contributed by atoms with Crippen LogP contribution in [0.5, 0.6) is 5.75 Å². The summed E-state index contributed by atoms with van der Waals surface area (Å²) in [6.45, 7) is 5.89. The van der Waals surface area contributed by atoms with E-state index in [9.17, 15) is 5.11 Å². The van der Waals surface area contributed by atoms with Crippen LogP contribution in [0.15, 0.2) is 24.3 Å². The van der Waals surface area contributed by atoms with E-state index in [2.05, 4.69) is 11.8 Å². The minimum absolute atomic E-state index is 0.224. The monoisotopic (exact) mass is 325 g/mol. The Kier molecular flexibility index (Phi) is 7.50. The summed E-state index contributed by atoms with van der Waals surface area (Å²) >= 11 is 5.94. The molecule has 0 spiro atoms. The number of ether oxygens (including phenoxy) is 1. The van der Waals surface area contributed by atoms with Crippen LogP contribution in [0.2, 0.25) is 5.02 Å². The molecule has 1 fully saturated rings. The Morgan fingerprint density at radius 2 is 2.23 bits per heavy atom. The summed E-state index contributed by atoms with van der Waals surface area (Å²) in [7, 11) is 0. The van der Waals surface area contributed by atoms with Crippen molar-refractivity contribution >= 4 is 11.6 Å². The highest BCUT2D eigenvalue weighted by atomic mass is 35.5. The van der Waals surface area contributed by atoms with Gasteiger partial charge in [-0.1, -0.05) is 37.4 Å². The molecule has 0 amide bonds. The van der Waals surface area contributed by atoms with Gasteiger partial charge in [-0.15, -0.1) is 0 Å². The third-order valence-corrected chi connectivity index (χ3v) is 4.67. The lowest BCUT2D eigenvalue weighted by Crippen LogP contribution is -2.44. The Hall–Kier alpha value is -0.770. The molecule has 22 heavy (non-hydrogen) atoms. The van der Waals surface area contributed by atoms with Gasteiger partial charge in [-0.3, -0.25) is 0 Å². The van der Waals surface area contributed by atoms with Gasteiger partial charge in [0.2, 0.25) is 0 Å². The summed E-state index contributed by atoms with van der Waals surface area (Å²) in [5.41, 5.74) is 0. The predicted octanol–water partition coefficient (Wildman–Crippen LogP) is 3.98. The van der Waals surface area contributed by atoms with Crippen molar-refractivity contribution in [3.63, 3.8) is 0 Å². The first-order valence-corrected chi connectivity index (χ1v) is 8.85. The van der Waals surface area contributed by atoms with Gasteiger partial charge in [0.1, 0.15) is 5.75 Å². The fraction of sp³-hybridized carbons (Fsp3) is 0.667. The van der Waals surface area contributed by atoms with Crippen LogP contribution < -0.4 is 4.74 Å². The normalized spacial score (nSPS) is 22.7. The number of rotatable bonds is 8. The zero-order chi connectivity index (χ0) is 15.8. The first kappa shape index (κ1) is 17.6. The summed E-state index contributed by atoms with van der Waals surface area (Å²) in [5.74, 6) is 1.15. The van der Waals surface area contributed by atoms with Gasteiger partial charge in [0.25, 0.3) is 0 Å². The Morgan fingerprint density at radius 1 is 1.36 bits per heavy atom. The third kappa shape index (κ3) is 5.79. The van der Waals surface area contributed by atoms with Crippen LogP contribution in [0.4, 0.5) is 0 Å². The lowest BCUT2D eigenvalue weighted by atomic mass is 9.91. The fourth-order valence-electron chi connectivity index (χ4n) is 3.06. The first-order chi connectivity index (χ1) is 10.7. The maximum Gasteiger partial charge on any atom is 0.120 e. The highest BCUT2D eigenvalue weighted by molar-refractivity contribution is 6.30. The van der Waals surface area contributed by atoms with Crippen molar-refractivity contribution in [1.82, 2.24) is 4.90 Å².